The lowest BCUT2D eigenvalue weighted by Crippen LogP contribution is -2.00. The average molecular weight is 177 g/mol. The summed E-state index contributed by atoms with van der Waals surface area (Å²) in [6.07, 6.45) is 2.99. The van der Waals surface area contributed by atoms with Crippen LogP contribution in [-0.4, -0.2) is 26.3 Å². The zero-order chi connectivity index (χ0) is 9.42. The SMILES string of the molecule is Cc1cnc(C(=O)O)c2cn[nH]c12. The van der Waals surface area contributed by atoms with Gasteiger partial charge in [-0.2, -0.15) is 5.10 Å². The summed E-state index contributed by atoms with van der Waals surface area (Å²) >= 11 is 0. The summed E-state index contributed by atoms with van der Waals surface area (Å²) in [4.78, 5) is 14.5. The summed E-state index contributed by atoms with van der Waals surface area (Å²) in [5.74, 6) is -1.04. The van der Waals surface area contributed by atoms with E-state index in [1.165, 1.54) is 12.4 Å². The molecular weight excluding hydrogens is 170 g/mol. The van der Waals surface area contributed by atoms with Gasteiger partial charge in [-0.05, 0) is 12.5 Å². The molecule has 2 aromatic heterocycles. The number of hydrogen-bond acceptors (Lipinski definition) is 3. The van der Waals surface area contributed by atoms with Gasteiger partial charge >= 0.3 is 5.97 Å². The maximum absolute atomic E-state index is 10.7. The monoisotopic (exact) mass is 177 g/mol. The van der Waals surface area contributed by atoms with E-state index in [-0.39, 0.29) is 5.69 Å². The molecule has 0 aliphatic carbocycles. The Labute approximate surface area is 73.4 Å². The van der Waals surface area contributed by atoms with Crippen LogP contribution in [0, 0.1) is 6.92 Å². The van der Waals surface area contributed by atoms with Crippen LogP contribution in [-0.2, 0) is 0 Å². The number of carboxylic acids is 1. The first-order valence-corrected chi connectivity index (χ1v) is 3.72. The van der Waals surface area contributed by atoms with Crippen LogP contribution in [0.2, 0.25) is 0 Å². The van der Waals surface area contributed by atoms with Gasteiger partial charge in [-0.15, -0.1) is 0 Å². The van der Waals surface area contributed by atoms with Gasteiger partial charge in [0.15, 0.2) is 5.69 Å². The molecule has 0 bridgehead atoms. The van der Waals surface area contributed by atoms with Gasteiger partial charge < -0.3 is 5.11 Å². The minimum absolute atomic E-state index is 0.0364. The maximum Gasteiger partial charge on any atom is 0.355 e. The fourth-order valence-electron chi connectivity index (χ4n) is 1.23. The molecule has 0 aliphatic rings. The van der Waals surface area contributed by atoms with Gasteiger partial charge in [0, 0.05) is 6.20 Å². The Morgan fingerprint density at radius 3 is 3.00 bits per heavy atom. The molecular formula is C8H7N3O2. The summed E-state index contributed by atoms with van der Waals surface area (Å²) < 4.78 is 0. The largest absolute Gasteiger partial charge is 0.476 e. The number of carboxylic acid groups (broad SMARTS) is 1. The standard InChI is InChI=1S/C8H7N3O2/c1-4-2-9-7(8(12)13)5-3-10-11-6(4)5/h2-3H,1H3,(H,10,11)(H,12,13). The van der Waals surface area contributed by atoms with Crippen molar-refractivity contribution in [3.8, 4) is 0 Å². The lowest BCUT2D eigenvalue weighted by atomic mass is 10.2. The van der Waals surface area contributed by atoms with Crippen molar-refractivity contribution in [3.05, 3.63) is 23.7 Å². The van der Waals surface area contributed by atoms with Crippen LogP contribution < -0.4 is 0 Å². The minimum Gasteiger partial charge on any atom is -0.476 e. The molecule has 0 unspecified atom stereocenters. The van der Waals surface area contributed by atoms with E-state index in [4.69, 9.17) is 5.11 Å². The maximum atomic E-state index is 10.7. The number of aromatic nitrogens is 3. The Bertz CT molecular complexity index is 475. The molecule has 5 nitrogen and oxygen atoms in total. The average Bonchev–Trinajstić information content (AvgIpc) is 2.53. The zero-order valence-corrected chi connectivity index (χ0v) is 6.90. The van der Waals surface area contributed by atoms with Gasteiger partial charge in [0.25, 0.3) is 0 Å². The third kappa shape index (κ3) is 1.05. The van der Waals surface area contributed by atoms with E-state index >= 15 is 0 Å². The Balaban J connectivity index is 2.86. The highest BCUT2D eigenvalue weighted by molar-refractivity contribution is 6.01. The first-order valence-electron chi connectivity index (χ1n) is 3.72. The Morgan fingerprint density at radius 2 is 2.31 bits per heavy atom. The van der Waals surface area contributed by atoms with Crippen LogP contribution in [0.25, 0.3) is 10.9 Å². The second-order valence-corrected chi connectivity index (χ2v) is 2.75. The number of aromatic amines is 1. The lowest BCUT2D eigenvalue weighted by Gasteiger charge is -1.97. The molecule has 2 rings (SSSR count). The molecule has 0 saturated heterocycles. The topological polar surface area (TPSA) is 78.9 Å². The van der Waals surface area contributed by atoms with E-state index in [0.29, 0.717) is 5.39 Å². The molecule has 2 aromatic rings. The van der Waals surface area contributed by atoms with Crippen LogP contribution in [0.1, 0.15) is 16.1 Å². The zero-order valence-electron chi connectivity index (χ0n) is 6.90. The molecule has 66 valence electrons. The summed E-state index contributed by atoms with van der Waals surface area (Å²) in [7, 11) is 0. The molecule has 2 heterocycles. The second kappa shape index (κ2) is 2.55. The third-order valence-corrected chi connectivity index (χ3v) is 1.88. The van der Waals surface area contributed by atoms with Gasteiger partial charge in [0.1, 0.15) is 0 Å². The van der Waals surface area contributed by atoms with E-state index < -0.39 is 5.97 Å². The van der Waals surface area contributed by atoms with Crippen molar-refractivity contribution in [1.82, 2.24) is 15.2 Å². The van der Waals surface area contributed by atoms with E-state index in [1.807, 2.05) is 6.92 Å². The number of hydrogen-bond donors (Lipinski definition) is 2. The van der Waals surface area contributed by atoms with E-state index in [9.17, 15) is 4.79 Å². The molecule has 0 amide bonds. The molecule has 0 aromatic carbocycles. The Kier molecular flexibility index (Phi) is 1.51. The Morgan fingerprint density at radius 1 is 1.54 bits per heavy atom. The number of nitrogens with one attached hydrogen (secondary N) is 1. The van der Waals surface area contributed by atoms with Crippen LogP contribution in [0.5, 0.6) is 0 Å². The van der Waals surface area contributed by atoms with Gasteiger partial charge in [-0.3, -0.25) is 5.10 Å². The van der Waals surface area contributed by atoms with Crippen LogP contribution in [0.15, 0.2) is 12.4 Å². The summed E-state index contributed by atoms with van der Waals surface area (Å²) in [5.41, 5.74) is 1.65. The molecule has 0 aliphatic heterocycles. The van der Waals surface area contributed by atoms with Crippen molar-refractivity contribution in [3.63, 3.8) is 0 Å². The number of pyridine rings is 1. The molecule has 5 heteroatoms. The molecule has 13 heavy (non-hydrogen) atoms. The van der Waals surface area contributed by atoms with Crippen molar-refractivity contribution < 1.29 is 9.90 Å². The fourth-order valence-corrected chi connectivity index (χ4v) is 1.23. The molecule has 0 radical (unpaired) electrons. The highest BCUT2D eigenvalue weighted by atomic mass is 16.4. The molecule has 0 spiro atoms. The number of rotatable bonds is 1. The smallest absolute Gasteiger partial charge is 0.355 e. The van der Waals surface area contributed by atoms with Crippen LogP contribution >= 0.6 is 0 Å². The number of aromatic carboxylic acids is 1. The van der Waals surface area contributed by atoms with Crippen molar-refractivity contribution in [2.45, 2.75) is 6.92 Å². The predicted octanol–water partition coefficient (Wildman–Crippen LogP) is 0.965. The van der Waals surface area contributed by atoms with Gasteiger partial charge in [0.05, 0.1) is 17.1 Å². The third-order valence-electron chi connectivity index (χ3n) is 1.88. The summed E-state index contributed by atoms with van der Waals surface area (Å²) in [5, 5.41) is 15.8. The quantitative estimate of drug-likeness (QED) is 0.680. The van der Waals surface area contributed by atoms with Gasteiger partial charge in [0.2, 0.25) is 0 Å². The van der Waals surface area contributed by atoms with E-state index in [0.717, 1.165) is 11.1 Å². The highest BCUT2D eigenvalue weighted by Crippen LogP contribution is 2.17. The van der Waals surface area contributed by atoms with Gasteiger partial charge in [-0.1, -0.05) is 0 Å². The van der Waals surface area contributed by atoms with Crippen molar-refractivity contribution >= 4 is 16.9 Å². The summed E-state index contributed by atoms with van der Waals surface area (Å²) in [6, 6.07) is 0. The summed E-state index contributed by atoms with van der Waals surface area (Å²) in [6.45, 7) is 1.85. The van der Waals surface area contributed by atoms with E-state index in [1.54, 1.807) is 0 Å². The molecule has 0 atom stereocenters. The predicted molar refractivity (Wildman–Crippen MR) is 45.6 cm³/mol. The Hall–Kier alpha value is -1.91. The van der Waals surface area contributed by atoms with E-state index in [2.05, 4.69) is 15.2 Å². The number of carbonyl (C=O) groups is 1. The van der Waals surface area contributed by atoms with Gasteiger partial charge in [-0.25, -0.2) is 9.78 Å². The molecule has 0 saturated carbocycles. The number of H-pyrrole nitrogens is 1. The van der Waals surface area contributed by atoms with Crippen LogP contribution in [0.3, 0.4) is 0 Å². The number of aryl methyl sites for hydroxylation is 1. The normalized spacial score (nSPS) is 10.5. The van der Waals surface area contributed by atoms with Crippen molar-refractivity contribution in [2.24, 2.45) is 0 Å². The first kappa shape index (κ1) is 7.72. The molecule has 2 N–H and O–H groups in total. The highest BCUT2D eigenvalue weighted by Gasteiger charge is 2.12. The lowest BCUT2D eigenvalue weighted by molar-refractivity contribution is 0.0693. The van der Waals surface area contributed by atoms with Crippen molar-refractivity contribution in [2.75, 3.05) is 0 Å². The minimum atomic E-state index is -1.04. The second-order valence-electron chi connectivity index (χ2n) is 2.75. The molecule has 0 fully saturated rings. The van der Waals surface area contributed by atoms with Crippen LogP contribution in [0.4, 0.5) is 0 Å². The number of fused-ring (bicyclic) bond motifs is 1. The first-order chi connectivity index (χ1) is 6.20. The number of nitrogens with zero attached hydrogens (tertiary/aromatic N) is 2. The fraction of sp³-hybridized carbons (Fsp3) is 0.125. The van der Waals surface area contributed by atoms with Crippen molar-refractivity contribution in [1.29, 1.82) is 0 Å².